The van der Waals surface area contributed by atoms with Crippen molar-refractivity contribution in [2.45, 2.75) is 39.5 Å². The number of pyridine rings is 1. The van der Waals surface area contributed by atoms with Crippen molar-refractivity contribution < 1.29 is 14.7 Å². The number of carbonyl (C=O) groups is 2. The van der Waals surface area contributed by atoms with Gasteiger partial charge in [0.1, 0.15) is 0 Å². The number of anilines is 1. The number of rotatable bonds is 8. The van der Waals surface area contributed by atoms with E-state index in [1.165, 1.54) is 18.2 Å². The summed E-state index contributed by atoms with van der Waals surface area (Å²) in [7, 11) is 0. The molecule has 2 N–H and O–H groups in total. The Morgan fingerprint density at radius 1 is 1.11 bits per heavy atom. The maximum absolute atomic E-state index is 12.8. The predicted molar refractivity (Wildman–Crippen MR) is 109 cm³/mol. The Labute approximate surface area is 168 Å². The number of amides is 2. The monoisotopic (exact) mass is 411 g/mol. The van der Waals surface area contributed by atoms with Gasteiger partial charge in [-0.1, -0.05) is 49.9 Å². The van der Waals surface area contributed by atoms with Gasteiger partial charge in [0.25, 0.3) is 0 Å². The normalized spacial score (nSPS) is 10.8. The van der Waals surface area contributed by atoms with Crippen LogP contribution in [0.3, 0.4) is 0 Å². The van der Waals surface area contributed by atoms with Gasteiger partial charge in [0.05, 0.1) is 16.2 Å². The fourth-order valence-corrected chi connectivity index (χ4v) is 3.29. The zero-order valence-corrected chi connectivity index (χ0v) is 16.9. The molecule has 0 aliphatic carbocycles. The zero-order chi connectivity index (χ0) is 20.0. The van der Waals surface area contributed by atoms with E-state index >= 15 is 0 Å². The van der Waals surface area contributed by atoms with Crippen LogP contribution in [-0.4, -0.2) is 40.1 Å². The highest BCUT2D eigenvalue weighted by molar-refractivity contribution is 6.39. The number of unbranched alkanes of at least 4 members (excludes halogenated alkanes) is 2. The van der Waals surface area contributed by atoms with Crippen molar-refractivity contribution in [2.75, 3.05) is 18.4 Å². The van der Waals surface area contributed by atoms with Crippen molar-refractivity contribution in [1.82, 2.24) is 9.88 Å². The molecule has 0 bridgehead atoms. The van der Waals surface area contributed by atoms with E-state index in [0.29, 0.717) is 39.7 Å². The first kappa shape index (κ1) is 21.3. The quantitative estimate of drug-likeness (QED) is 0.585. The van der Waals surface area contributed by atoms with Gasteiger partial charge < -0.3 is 15.3 Å². The lowest BCUT2D eigenvalue weighted by atomic mass is 10.1. The summed E-state index contributed by atoms with van der Waals surface area (Å²) >= 11 is 12.3. The highest BCUT2D eigenvalue weighted by Crippen LogP contribution is 2.33. The summed E-state index contributed by atoms with van der Waals surface area (Å²) in [6.07, 6.45) is 3.74. The number of fused-ring (bicyclic) bond motifs is 1. The average Bonchev–Trinajstić information content (AvgIpc) is 2.60. The van der Waals surface area contributed by atoms with Gasteiger partial charge >= 0.3 is 12.0 Å². The van der Waals surface area contributed by atoms with E-state index in [0.717, 1.165) is 25.7 Å². The first-order valence-corrected chi connectivity index (χ1v) is 9.72. The maximum atomic E-state index is 12.8. The van der Waals surface area contributed by atoms with Crippen molar-refractivity contribution in [3.05, 3.63) is 33.9 Å². The summed E-state index contributed by atoms with van der Waals surface area (Å²) in [5.74, 6) is -1.20. The SMILES string of the molecule is CCCCN(CCCC)C(=O)Nc1cc(C(=O)O)nc2cc(Cl)cc(Cl)c12. The number of carbonyl (C=O) groups excluding carboxylic acids is 1. The Kier molecular flexibility index (Phi) is 7.68. The lowest BCUT2D eigenvalue weighted by molar-refractivity contribution is 0.0691. The molecule has 1 heterocycles. The van der Waals surface area contributed by atoms with Crippen molar-refractivity contribution in [3.63, 3.8) is 0 Å². The van der Waals surface area contributed by atoms with Crippen LogP contribution in [0.15, 0.2) is 18.2 Å². The summed E-state index contributed by atoms with van der Waals surface area (Å²) < 4.78 is 0. The number of hydrogen-bond acceptors (Lipinski definition) is 3. The average molecular weight is 412 g/mol. The summed E-state index contributed by atoms with van der Waals surface area (Å²) in [5.41, 5.74) is 0.434. The fourth-order valence-electron chi connectivity index (χ4n) is 2.70. The molecule has 6 nitrogen and oxygen atoms in total. The van der Waals surface area contributed by atoms with E-state index in [4.69, 9.17) is 23.2 Å². The summed E-state index contributed by atoms with van der Waals surface area (Å²) in [5, 5.41) is 13.2. The molecule has 0 unspecified atom stereocenters. The Morgan fingerprint density at radius 3 is 2.30 bits per heavy atom. The molecule has 1 aromatic carbocycles. The maximum Gasteiger partial charge on any atom is 0.354 e. The van der Waals surface area contributed by atoms with Crippen LogP contribution in [0.5, 0.6) is 0 Å². The van der Waals surface area contributed by atoms with Gasteiger partial charge in [-0.15, -0.1) is 0 Å². The van der Waals surface area contributed by atoms with Crippen LogP contribution in [0.2, 0.25) is 10.0 Å². The van der Waals surface area contributed by atoms with Crippen LogP contribution in [0.25, 0.3) is 10.9 Å². The Bertz CT molecular complexity index is 835. The van der Waals surface area contributed by atoms with Gasteiger partial charge in [0.15, 0.2) is 5.69 Å². The summed E-state index contributed by atoms with van der Waals surface area (Å²) in [6, 6.07) is 4.10. The third kappa shape index (κ3) is 5.47. The fraction of sp³-hybridized carbons (Fsp3) is 0.421. The van der Waals surface area contributed by atoms with Crippen LogP contribution in [0.1, 0.15) is 50.0 Å². The van der Waals surface area contributed by atoms with Gasteiger partial charge in [0.2, 0.25) is 0 Å². The number of halogens is 2. The van der Waals surface area contributed by atoms with Gasteiger partial charge in [-0.25, -0.2) is 14.6 Å². The number of carboxylic acid groups (broad SMARTS) is 1. The number of hydrogen-bond donors (Lipinski definition) is 2. The minimum atomic E-state index is -1.20. The van der Waals surface area contributed by atoms with E-state index in [1.54, 1.807) is 4.90 Å². The van der Waals surface area contributed by atoms with Gasteiger partial charge in [0, 0.05) is 23.5 Å². The molecule has 0 radical (unpaired) electrons. The Morgan fingerprint density at radius 2 is 1.74 bits per heavy atom. The number of aromatic nitrogens is 1. The first-order chi connectivity index (χ1) is 12.9. The van der Waals surface area contributed by atoms with Crippen molar-refractivity contribution in [3.8, 4) is 0 Å². The third-order valence-corrected chi connectivity index (χ3v) is 4.65. The number of nitrogens with one attached hydrogen (secondary N) is 1. The Balaban J connectivity index is 2.43. The van der Waals surface area contributed by atoms with E-state index in [1.807, 2.05) is 0 Å². The molecule has 0 aliphatic heterocycles. The van der Waals surface area contributed by atoms with Crippen LogP contribution in [0.4, 0.5) is 10.5 Å². The topological polar surface area (TPSA) is 82.5 Å². The van der Waals surface area contributed by atoms with E-state index in [2.05, 4.69) is 24.1 Å². The molecule has 0 saturated heterocycles. The van der Waals surface area contributed by atoms with Crippen LogP contribution in [-0.2, 0) is 0 Å². The smallest absolute Gasteiger partial charge is 0.354 e. The van der Waals surface area contributed by atoms with E-state index in [9.17, 15) is 14.7 Å². The van der Waals surface area contributed by atoms with E-state index in [-0.39, 0.29) is 11.7 Å². The molecule has 2 amide bonds. The predicted octanol–water partition coefficient (Wildman–Crippen LogP) is 5.67. The second-order valence-corrected chi connectivity index (χ2v) is 7.11. The summed E-state index contributed by atoms with van der Waals surface area (Å²) in [4.78, 5) is 30.0. The highest BCUT2D eigenvalue weighted by atomic mass is 35.5. The molecular formula is C19H23Cl2N3O3. The molecule has 0 aliphatic rings. The van der Waals surface area contributed by atoms with Crippen LogP contribution >= 0.6 is 23.2 Å². The van der Waals surface area contributed by atoms with Gasteiger partial charge in [-0.05, 0) is 31.0 Å². The van der Waals surface area contributed by atoms with Gasteiger partial charge in [-0.2, -0.15) is 0 Å². The van der Waals surface area contributed by atoms with E-state index < -0.39 is 5.97 Å². The lowest BCUT2D eigenvalue weighted by Gasteiger charge is -2.23. The van der Waals surface area contributed by atoms with Crippen molar-refractivity contribution in [2.24, 2.45) is 0 Å². The molecule has 0 saturated carbocycles. The minimum absolute atomic E-state index is 0.190. The highest BCUT2D eigenvalue weighted by Gasteiger charge is 2.18. The van der Waals surface area contributed by atoms with Crippen LogP contribution < -0.4 is 5.32 Å². The molecule has 146 valence electrons. The second-order valence-electron chi connectivity index (χ2n) is 6.27. The second kappa shape index (κ2) is 9.76. The molecule has 2 aromatic rings. The van der Waals surface area contributed by atoms with Crippen molar-refractivity contribution in [1.29, 1.82) is 0 Å². The molecule has 2 rings (SSSR count). The first-order valence-electron chi connectivity index (χ1n) is 8.96. The number of carboxylic acids is 1. The van der Waals surface area contributed by atoms with Gasteiger partial charge in [-0.3, -0.25) is 0 Å². The molecule has 1 aromatic heterocycles. The molecular weight excluding hydrogens is 389 g/mol. The van der Waals surface area contributed by atoms with Crippen molar-refractivity contribution >= 4 is 51.8 Å². The molecule has 0 atom stereocenters. The molecule has 0 fully saturated rings. The number of nitrogens with zero attached hydrogens (tertiary/aromatic N) is 2. The number of aromatic carboxylic acids is 1. The minimum Gasteiger partial charge on any atom is -0.477 e. The molecule has 0 spiro atoms. The number of benzene rings is 1. The molecule has 8 heteroatoms. The third-order valence-electron chi connectivity index (χ3n) is 4.14. The lowest BCUT2D eigenvalue weighted by Crippen LogP contribution is -2.36. The summed E-state index contributed by atoms with van der Waals surface area (Å²) in [6.45, 7) is 5.40. The Hall–Kier alpha value is -2.05. The zero-order valence-electron chi connectivity index (χ0n) is 15.4. The largest absolute Gasteiger partial charge is 0.477 e. The number of urea groups is 1. The van der Waals surface area contributed by atoms with Crippen LogP contribution in [0, 0.1) is 0 Å². The standard InChI is InChI=1S/C19H23Cl2N3O3/c1-3-5-7-24(8-6-4-2)19(27)23-15-11-16(18(25)26)22-14-10-12(20)9-13(21)17(14)15/h9-11H,3-8H2,1-2H3,(H,25,26)(H,22,23,27). The molecule has 27 heavy (non-hydrogen) atoms.